The highest BCUT2D eigenvalue weighted by Gasteiger charge is 2.20. The second-order valence-corrected chi connectivity index (χ2v) is 7.34. The maximum Gasteiger partial charge on any atom is 0.263 e. The van der Waals surface area contributed by atoms with Crippen LogP contribution in [-0.4, -0.2) is 32.0 Å². The molecule has 0 bridgehead atoms. The first kappa shape index (κ1) is 20.1. The van der Waals surface area contributed by atoms with Gasteiger partial charge in [-0.3, -0.25) is 4.79 Å². The van der Waals surface area contributed by atoms with Gasteiger partial charge in [-0.05, 0) is 64.1 Å². The monoisotopic (exact) mass is 404 g/mol. The number of nitrogens with zero attached hydrogens (tertiary/aromatic N) is 2. The summed E-state index contributed by atoms with van der Waals surface area (Å²) >= 11 is 0. The Bertz CT molecular complexity index is 1090. The Balaban J connectivity index is 1.66. The number of carbonyl (C=O) groups excluding carboxylic acids is 1. The number of benzene rings is 2. The Morgan fingerprint density at radius 1 is 0.667 bits per heavy atom. The van der Waals surface area contributed by atoms with Crippen molar-refractivity contribution in [1.82, 2.24) is 0 Å². The van der Waals surface area contributed by atoms with Gasteiger partial charge in [-0.25, -0.2) is 0 Å². The van der Waals surface area contributed by atoms with Gasteiger partial charge < -0.3 is 18.6 Å². The molecule has 0 unspecified atom stereocenters. The molecule has 2 aromatic heterocycles. The van der Waals surface area contributed by atoms with Crippen molar-refractivity contribution in [2.75, 3.05) is 36.0 Å². The van der Waals surface area contributed by atoms with Crippen LogP contribution in [0.3, 0.4) is 0 Å². The molecule has 0 radical (unpaired) electrons. The van der Waals surface area contributed by atoms with Crippen LogP contribution in [0.5, 0.6) is 0 Å². The zero-order valence-electron chi connectivity index (χ0n) is 18.1. The average molecular weight is 405 g/mol. The number of furan rings is 2. The van der Waals surface area contributed by atoms with E-state index in [4.69, 9.17) is 8.83 Å². The molecular formula is C25H28N2O3. The van der Waals surface area contributed by atoms with E-state index in [9.17, 15) is 4.79 Å². The van der Waals surface area contributed by atoms with Gasteiger partial charge in [0.2, 0.25) is 0 Å². The summed E-state index contributed by atoms with van der Waals surface area (Å²) in [5.41, 5.74) is 3.60. The first-order valence-corrected chi connectivity index (χ1v) is 10.7. The Labute approximate surface area is 176 Å². The first-order valence-electron chi connectivity index (χ1n) is 10.7. The minimum absolute atomic E-state index is 0.240. The summed E-state index contributed by atoms with van der Waals surface area (Å²) in [5.74, 6) is 0.352. The number of hydrogen-bond donors (Lipinski definition) is 0. The Morgan fingerprint density at radius 2 is 1.07 bits per heavy atom. The van der Waals surface area contributed by atoms with Crippen molar-refractivity contribution in [3.8, 4) is 0 Å². The molecule has 2 aromatic carbocycles. The summed E-state index contributed by atoms with van der Waals surface area (Å²) in [6.07, 6.45) is 0. The lowest BCUT2D eigenvalue weighted by Crippen LogP contribution is -2.21. The molecule has 0 aliphatic carbocycles. The van der Waals surface area contributed by atoms with Gasteiger partial charge in [-0.15, -0.1) is 0 Å². The van der Waals surface area contributed by atoms with Gasteiger partial charge in [0, 0.05) is 60.5 Å². The van der Waals surface area contributed by atoms with Gasteiger partial charge in [-0.1, -0.05) is 0 Å². The van der Waals surface area contributed by atoms with Crippen molar-refractivity contribution < 1.29 is 13.6 Å². The molecule has 0 amide bonds. The minimum atomic E-state index is -0.240. The van der Waals surface area contributed by atoms with Crippen molar-refractivity contribution in [3.05, 3.63) is 60.1 Å². The van der Waals surface area contributed by atoms with Gasteiger partial charge >= 0.3 is 0 Å². The molecule has 2 heterocycles. The van der Waals surface area contributed by atoms with E-state index in [1.807, 2.05) is 24.3 Å². The summed E-state index contributed by atoms with van der Waals surface area (Å²) < 4.78 is 11.8. The van der Waals surface area contributed by atoms with E-state index in [-0.39, 0.29) is 5.78 Å². The summed E-state index contributed by atoms with van der Waals surface area (Å²) in [6, 6.07) is 15.7. The van der Waals surface area contributed by atoms with E-state index in [2.05, 4.69) is 49.6 Å². The Kier molecular flexibility index (Phi) is 5.53. The Hall–Kier alpha value is -3.21. The molecule has 0 aliphatic rings. The molecule has 5 nitrogen and oxygen atoms in total. The SMILES string of the molecule is CCN(CC)c1ccc2cc(C(=O)c3cc4ccc(N(CC)CC)cc4o3)oc2c1. The molecule has 30 heavy (non-hydrogen) atoms. The summed E-state index contributed by atoms with van der Waals surface area (Å²) in [7, 11) is 0. The minimum Gasteiger partial charge on any atom is -0.452 e. The second-order valence-electron chi connectivity index (χ2n) is 7.34. The maximum absolute atomic E-state index is 13.0. The molecule has 0 saturated carbocycles. The average Bonchev–Trinajstić information content (AvgIpc) is 3.38. The molecule has 0 atom stereocenters. The lowest BCUT2D eigenvalue weighted by Gasteiger charge is -2.20. The Morgan fingerprint density at radius 3 is 1.43 bits per heavy atom. The summed E-state index contributed by atoms with van der Waals surface area (Å²) in [4.78, 5) is 17.5. The first-order chi connectivity index (χ1) is 14.6. The third-order valence-electron chi connectivity index (χ3n) is 5.71. The van der Waals surface area contributed by atoms with E-state index in [1.165, 1.54) is 0 Å². The highest BCUT2D eigenvalue weighted by Crippen LogP contribution is 2.29. The van der Waals surface area contributed by atoms with Crippen molar-refractivity contribution >= 4 is 39.1 Å². The highest BCUT2D eigenvalue weighted by atomic mass is 16.4. The van der Waals surface area contributed by atoms with Crippen molar-refractivity contribution in [2.45, 2.75) is 27.7 Å². The third kappa shape index (κ3) is 3.56. The van der Waals surface area contributed by atoms with Crippen LogP contribution in [0.1, 0.15) is 44.0 Å². The van der Waals surface area contributed by atoms with Crippen LogP contribution in [0.15, 0.2) is 57.4 Å². The fraction of sp³-hybridized carbons (Fsp3) is 0.320. The molecule has 4 rings (SSSR count). The molecule has 5 heteroatoms. The molecule has 0 saturated heterocycles. The zero-order chi connectivity index (χ0) is 21.3. The van der Waals surface area contributed by atoms with E-state index < -0.39 is 0 Å². The van der Waals surface area contributed by atoms with Crippen molar-refractivity contribution in [1.29, 1.82) is 0 Å². The van der Waals surface area contributed by atoms with Crippen molar-refractivity contribution in [2.24, 2.45) is 0 Å². The summed E-state index contributed by atoms with van der Waals surface area (Å²) in [5, 5.41) is 1.82. The lowest BCUT2D eigenvalue weighted by atomic mass is 10.1. The van der Waals surface area contributed by atoms with Gasteiger partial charge in [0.25, 0.3) is 5.78 Å². The third-order valence-corrected chi connectivity index (χ3v) is 5.71. The van der Waals surface area contributed by atoms with Crippen LogP contribution in [0.4, 0.5) is 11.4 Å². The van der Waals surface area contributed by atoms with E-state index in [0.29, 0.717) is 22.7 Å². The van der Waals surface area contributed by atoms with Gasteiger partial charge in [0.05, 0.1) is 0 Å². The van der Waals surface area contributed by atoms with E-state index in [1.54, 1.807) is 12.1 Å². The molecular weight excluding hydrogens is 376 g/mol. The van der Waals surface area contributed by atoms with E-state index >= 15 is 0 Å². The number of hydrogen-bond acceptors (Lipinski definition) is 5. The number of rotatable bonds is 8. The van der Waals surface area contributed by atoms with Gasteiger partial charge in [-0.2, -0.15) is 0 Å². The van der Waals surface area contributed by atoms with Crippen molar-refractivity contribution in [3.63, 3.8) is 0 Å². The maximum atomic E-state index is 13.0. The number of ketones is 1. The smallest absolute Gasteiger partial charge is 0.263 e. The molecule has 0 fully saturated rings. The molecule has 0 aliphatic heterocycles. The van der Waals surface area contributed by atoms with Crippen LogP contribution >= 0.6 is 0 Å². The van der Waals surface area contributed by atoms with Crippen LogP contribution in [0, 0.1) is 0 Å². The topological polar surface area (TPSA) is 49.8 Å². The predicted octanol–water partition coefficient (Wildman–Crippen LogP) is 6.10. The lowest BCUT2D eigenvalue weighted by molar-refractivity contribution is 0.0987. The van der Waals surface area contributed by atoms with Crippen LogP contribution in [0.2, 0.25) is 0 Å². The molecule has 0 spiro atoms. The quantitative estimate of drug-likeness (QED) is 0.332. The van der Waals surface area contributed by atoms with Crippen LogP contribution in [-0.2, 0) is 0 Å². The standard InChI is InChI=1S/C25H28N2O3/c1-5-26(6-2)19-11-9-17-13-23(29-21(17)15-19)25(28)24-14-18-10-12-20(16-22(18)30-24)27(7-3)8-4/h9-16H,5-8H2,1-4H3. The van der Waals surface area contributed by atoms with E-state index in [0.717, 1.165) is 48.3 Å². The van der Waals surface area contributed by atoms with Crippen LogP contribution < -0.4 is 9.80 Å². The predicted molar refractivity (Wildman–Crippen MR) is 123 cm³/mol. The van der Waals surface area contributed by atoms with Crippen LogP contribution in [0.25, 0.3) is 21.9 Å². The normalized spacial score (nSPS) is 11.3. The largest absolute Gasteiger partial charge is 0.452 e. The van der Waals surface area contributed by atoms with Gasteiger partial charge in [0.1, 0.15) is 11.2 Å². The number of anilines is 2. The molecule has 0 N–H and O–H groups in total. The summed E-state index contributed by atoms with van der Waals surface area (Å²) in [6.45, 7) is 12.2. The number of fused-ring (bicyclic) bond motifs is 2. The fourth-order valence-corrected chi connectivity index (χ4v) is 3.96. The zero-order valence-corrected chi connectivity index (χ0v) is 18.1. The highest BCUT2D eigenvalue weighted by molar-refractivity contribution is 6.09. The fourth-order valence-electron chi connectivity index (χ4n) is 3.96. The number of carbonyl (C=O) groups is 1. The second kappa shape index (κ2) is 8.27. The molecule has 4 aromatic rings. The van der Waals surface area contributed by atoms with Gasteiger partial charge in [0.15, 0.2) is 11.5 Å². The molecule has 156 valence electrons.